The number of nitrogens with zero attached hydrogens (tertiary/aromatic N) is 3. The molecule has 3 heterocycles. The predicted molar refractivity (Wildman–Crippen MR) is 120 cm³/mol. The van der Waals surface area contributed by atoms with E-state index in [9.17, 15) is 9.59 Å². The first-order valence-corrected chi connectivity index (χ1v) is 11.3. The van der Waals surface area contributed by atoms with Crippen LogP contribution >= 0.6 is 0 Å². The van der Waals surface area contributed by atoms with Crippen molar-refractivity contribution >= 4 is 17.8 Å². The number of nitrogens with one attached hydrogen (secondary N) is 2. The Labute approximate surface area is 182 Å². The molecule has 1 aliphatic carbocycles. The average Bonchev–Trinajstić information content (AvgIpc) is 3.53. The van der Waals surface area contributed by atoms with Gasteiger partial charge >= 0.3 is 6.03 Å². The number of carbonyl (C=O) groups excluding carboxylic acids is 2. The highest BCUT2D eigenvalue weighted by atomic mass is 16.2. The molecule has 0 radical (unpaired) electrons. The van der Waals surface area contributed by atoms with Gasteiger partial charge in [-0.25, -0.2) is 9.78 Å². The number of carbonyl (C=O) groups is 2. The van der Waals surface area contributed by atoms with Gasteiger partial charge in [0.15, 0.2) is 0 Å². The highest BCUT2D eigenvalue weighted by Gasteiger charge is 2.35. The van der Waals surface area contributed by atoms with E-state index >= 15 is 0 Å². The van der Waals surface area contributed by atoms with E-state index in [1.54, 1.807) is 11.1 Å². The Kier molecular flexibility index (Phi) is 5.36. The summed E-state index contributed by atoms with van der Waals surface area (Å²) in [5, 5.41) is 6.40. The van der Waals surface area contributed by atoms with Gasteiger partial charge in [0.2, 0.25) is 0 Å². The lowest BCUT2D eigenvalue weighted by atomic mass is 9.99. The van der Waals surface area contributed by atoms with Crippen molar-refractivity contribution in [3.8, 4) is 11.1 Å². The quantitative estimate of drug-likeness (QED) is 0.781. The number of pyridine rings is 1. The Morgan fingerprint density at radius 3 is 2.61 bits per heavy atom. The molecule has 7 heteroatoms. The highest BCUT2D eigenvalue weighted by molar-refractivity contribution is 5.96. The Morgan fingerprint density at radius 1 is 1.10 bits per heavy atom. The van der Waals surface area contributed by atoms with Crippen LogP contribution in [0.1, 0.15) is 41.6 Å². The molecule has 1 aromatic heterocycles. The van der Waals surface area contributed by atoms with Crippen molar-refractivity contribution in [1.29, 1.82) is 0 Å². The van der Waals surface area contributed by atoms with Crippen molar-refractivity contribution in [3.05, 3.63) is 47.7 Å². The second-order valence-corrected chi connectivity index (χ2v) is 8.79. The van der Waals surface area contributed by atoms with E-state index in [2.05, 4.69) is 15.6 Å². The van der Waals surface area contributed by atoms with E-state index in [0.717, 1.165) is 62.0 Å². The number of piperidine rings is 1. The van der Waals surface area contributed by atoms with Crippen LogP contribution in [0.15, 0.2) is 36.5 Å². The first-order chi connectivity index (χ1) is 15.1. The van der Waals surface area contributed by atoms with Crippen LogP contribution < -0.4 is 15.5 Å². The SMILES string of the molecule is Cc1ccc(C(=O)NC2CC2)cc1-c1ccc(N2CCN(C3CCNCC3)C2=O)nc1. The molecule has 5 rings (SSSR count). The van der Waals surface area contributed by atoms with Gasteiger partial charge in [-0.05, 0) is 81.1 Å². The third-order valence-electron chi connectivity index (χ3n) is 6.54. The Morgan fingerprint density at radius 2 is 1.90 bits per heavy atom. The fraction of sp³-hybridized carbons (Fsp3) is 0.458. The molecule has 3 amide bonds. The molecule has 2 aromatic rings. The third kappa shape index (κ3) is 4.14. The van der Waals surface area contributed by atoms with Crippen molar-refractivity contribution in [1.82, 2.24) is 20.5 Å². The number of rotatable bonds is 5. The fourth-order valence-corrected chi connectivity index (χ4v) is 4.50. The molecule has 31 heavy (non-hydrogen) atoms. The summed E-state index contributed by atoms with van der Waals surface area (Å²) in [5.41, 5.74) is 3.70. The van der Waals surface area contributed by atoms with E-state index in [0.29, 0.717) is 30.0 Å². The minimum atomic E-state index is -0.0194. The Balaban J connectivity index is 1.32. The number of hydrogen-bond acceptors (Lipinski definition) is 4. The molecule has 0 atom stereocenters. The molecule has 2 N–H and O–H groups in total. The van der Waals surface area contributed by atoms with E-state index in [-0.39, 0.29) is 11.9 Å². The van der Waals surface area contributed by atoms with Crippen LogP contribution in [-0.2, 0) is 0 Å². The molecule has 2 aliphatic heterocycles. The molecule has 3 fully saturated rings. The van der Waals surface area contributed by atoms with Gasteiger partial charge in [-0.3, -0.25) is 9.69 Å². The summed E-state index contributed by atoms with van der Waals surface area (Å²) in [4.78, 5) is 33.8. The molecule has 162 valence electrons. The molecule has 7 nitrogen and oxygen atoms in total. The minimum Gasteiger partial charge on any atom is -0.349 e. The van der Waals surface area contributed by atoms with Crippen LogP contribution in [0.5, 0.6) is 0 Å². The van der Waals surface area contributed by atoms with Crippen molar-refractivity contribution < 1.29 is 9.59 Å². The number of amides is 3. The van der Waals surface area contributed by atoms with Crippen molar-refractivity contribution in [2.75, 3.05) is 31.1 Å². The second-order valence-electron chi connectivity index (χ2n) is 8.79. The zero-order chi connectivity index (χ0) is 21.4. The normalized spacial score (nSPS) is 19.7. The molecule has 3 aliphatic rings. The van der Waals surface area contributed by atoms with E-state index in [1.165, 1.54) is 0 Å². The van der Waals surface area contributed by atoms with Gasteiger partial charge in [0.05, 0.1) is 0 Å². The minimum absolute atomic E-state index is 0.0194. The molecule has 0 bridgehead atoms. The maximum Gasteiger partial charge on any atom is 0.326 e. The zero-order valence-corrected chi connectivity index (χ0v) is 17.9. The molecule has 2 saturated heterocycles. The number of aromatic nitrogens is 1. The smallest absolute Gasteiger partial charge is 0.326 e. The fourth-order valence-electron chi connectivity index (χ4n) is 4.50. The number of urea groups is 1. The van der Waals surface area contributed by atoms with E-state index in [4.69, 9.17) is 0 Å². The topological polar surface area (TPSA) is 77.6 Å². The van der Waals surface area contributed by atoms with Crippen molar-refractivity contribution in [2.45, 2.75) is 44.7 Å². The third-order valence-corrected chi connectivity index (χ3v) is 6.54. The van der Waals surface area contributed by atoms with Gasteiger partial charge < -0.3 is 15.5 Å². The van der Waals surface area contributed by atoms with Gasteiger partial charge in [-0.15, -0.1) is 0 Å². The summed E-state index contributed by atoms with van der Waals surface area (Å²) in [6.07, 6.45) is 5.97. The molecule has 1 aromatic carbocycles. The summed E-state index contributed by atoms with van der Waals surface area (Å²) in [7, 11) is 0. The predicted octanol–water partition coefficient (Wildman–Crippen LogP) is 2.94. The Bertz CT molecular complexity index is 980. The van der Waals surface area contributed by atoms with Crippen LogP contribution in [-0.4, -0.2) is 60.1 Å². The summed E-state index contributed by atoms with van der Waals surface area (Å²) >= 11 is 0. The Hall–Kier alpha value is -2.93. The van der Waals surface area contributed by atoms with Gasteiger partial charge in [0.25, 0.3) is 5.91 Å². The zero-order valence-electron chi connectivity index (χ0n) is 17.9. The van der Waals surface area contributed by atoms with Crippen LogP contribution in [0.25, 0.3) is 11.1 Å². The van der Waals surface area contributed by atoms with Crippen molar-refractivity contribution in [2.24, 2.45) is 0 Å². The highest BCUT2D eigenvalue weighted by Crippen LogP contribution is 2.28. The second kappa shape index (κ2) is 8.30. The summed E-state index contributed by atoms with van der Waals surface area (Å²) in [6, 6.07) is 10.4. The summed E-state index contributed by atoms with van der Waals surface area (Å²) in [6.45, 7) is 5.40. The maximum atomic E-state index is 13.0. The molecule has 0 spiro atoms. The molecular formula is C24H29N5O2. The molecular weight excluding hydrogens is 390 g/mol. The number of benzene rings is 1. The number of aryl methyl sites for hydroxylation is 1. The standard InChI is InChI=1S/C24H29N5O2/c1-16-2-3-17(23(30)27-19-5-6-19)14-21(16)18-4-7-22(26-15-18)29-13-12-28(24(29)31)20-8-10-25-11-9-20/h2-4,7,14-15,19-20,25H,5-6,8-13H2,1H3,(H,27,30). The first-order valence-electron chi connectivity index (χ1n) is 11.3. The average molecular weight is 420 g/mol. The lowest BCUT2D eigenvalue weighted by Crippen LogP contribution is -2.45. The monoisotopic (exact) mass is 419 g/mol. The van der Waals surface area contributed by atoms with Crippen molar-refractivity contribution in [3.63, 3.8) is 0 Å². The van der Waals surface area contributed by atoms with E-state index in [1.807, 2.05) is 42.2 Å². The van der Waals surface area contributed by atoms with Gasteiger partial charge in [0.1, 0.15) is 5.82 Å². The number of anilines is 1. The lowest BCUT2D eigenvalue weighted by molar-refractivity contribution is 0.0951. The van der Waals surface area contributed by atoms with Crippen LogP contribution in [0.3, 0.4) is 0 Å². The first kappa shape index (κ1) is 20.0. The van der Waals surface area contributed by atoms with Gasteiger partial charge in [-0.1, -0.05) is 6.07 Å². The summed E-state index contributed by atoms with van der Waals surface area (Å²) < 4.78 is 0. The molecule has 0 unspecified atom stereocenters. The maximum absolute atomic E-state index is 13.0. The van der Waals surface area contributed by atoms with Gasteiger partial charge in [-0.2, -0.15) is 0 Å². The van der Waals surface area contributed by atoms with E-state index < -0.39 is 0 Å². The lowest BCUT2D eigenvalue weighted by Gasteiger charge is -2.31. The largest absolute Gasteiger partial charge is 0.349 e. The van der Waals surface area contributed by atoms with Crippen LogP contribution in [0.2, 0.25) is 0 Å². The summed E-state index contributed by atoms with van der Waals surface area (Å²) in [5.74, 6) is 0.666. The van der Waals surface area contributed by atoms with Gasteiger partial charge in [0, 0.05) is 42.5 Å². The number of hydrogen-bond donors (Lipinski definition) is 2. The molecule has 1 saturated carbocycles. The van der Waals surface area contributed by atoms with Crippen LogP contribution in [0, 0.1) is 6.92 Å². The van der Waals surface area contributed by atoms with Crippen LogP contribution in [0.4, 0.5) is 10.6 Å².